The van der Waals surface area contributed by atoms with Crippen molar-refractivity contribution in [3.63, 3.8) is 0 Å². The molecular weight excluding hydrogens is 148 g/mol. The van der Waals surface area contributed by atoms with Gasteiger partial charge in [0.2, 0.25) is 0 Å². The maximum absolute atomic E-state index is 4.17. The van der Waals surface area contributed by atoms with Crippen LogP contribution in [0.15, 0.2) is 34.3 Å². The fourth-order valence-electron chi connectivity index (χ4n) is 0.870. The third-order valence-corrected chi connectivity index (χ3v) is 1.53. The van der Waals surface area contributed by atoms with Gasteiger partial charge in [-0.1, -0.05) is 18.2 Å². The van der Waals surface area contributed by atoms with Gasteiger partial charge in [0.15, 0.2) is 0 Å². The molecule has 0 atom stereocenters. The van der Waals surface area contributed by atoms with Crippen LogP contribution in [0.3, 0.4) is 0 Å². The molecule has 12 heavy (non-hydrogen) atoms. The number of nitrogens with zero attached hydrogens (tertiary/aromatic N) is 2. The van der Waals surface area contributed by atoms with Crippen LogP contribution in [0, 0.1) is 6.92 Å². The maximum atomic E-state index is 4.17. The van der Waals surface area contributed by atoms with E-state index in [4.69, 9.17) is 0 Å². The summed E-state index contributed by atoms with van der Waals surface area (Å²) in [5.74, 6) is 0. The smallest absolute Gasteiger partial charge is 0.115 e. The second kappa shape index (κ2) is 4.44. The lowest BCUT2D eigenvalue weighted by Crippen LogP contribution is -1.73. The lowest BCUT2D eigenvalue weighted by atomic mass is 10.2. The molecule has 1 aromatic carbocycles. The van der Waals surface area contributed by atoms with E-state index in [2.05, 4.69) is 9.98 Å². The van der Waals surface area contributed by atoms with Crippen molar-refractivity contribution in [2.75, 3.05) is 0 Å². The largest absolute Gasteiger partial charge is 0.250 e. The first kappa shape index (κ1) is 8.65. The van der Waals surface area contributed by atoms with Crippen LogP contribution in [0.4, 0.5) is 5.69 Å². The molecule has 0 radical (unpaired) electrons. The molecule has 0 bridgehead atoms. The second-order valence-electron chi connectivity index (χ2n) is 2.44. The summed E-state index contributed by atoms with van der Waals surface area (Å²) >= 11 is 0. The molecule has 0 aliphatic rings. The van der Waals surface area contributed by atoms with Gasteiger partial charge < -0.3 is 0 Å². The van der Waals surface area contributed by atoms with Gasteiger partial charge in [-0.25, -0.2) is 9.98 Å². The van der Waals surface area contributed by atoms with Crippen LogP contribution >= 0.6 is 0 Å². The number of rotatable bonds is 2. The topological polar surface area (TPSA) is 24.7 Å². The molecule has 0 amide bonds. The average molecular weight is 160 g/mol. The normalized spacial score (nSPS) is 11.5. The maximum Gasteiger partial charge on any atom is 0.115 e. The molecule has 0 N–H and O–H groups in total. The lowest BCUT2D eigenvalue weighted by Gasteiger charge is -1.95. The molecule has 0 aliphatic carbocycles. The van der Waals surface area contributed by atoms with Gasteiger partial charge in [-0.15, -0.1) is 0 Å². The SMILES string of the molecule is CC=NC=Nc1ccccc1C. The van der Waals surface area contributed by atoms with Crippen LogP contribution in [0.5, 0.6) is 0 Å². The Labute approximate surface area is 72.7 Å². The Bertz CT molecular complexity index is 300. The average Bonchev–Trinajstić information content (AvgIpc) is 2.09. The third-order valence-electron chi connectivity index (χ3n) is 1.53. The third kappa shape index (κ3) is 2.31. The standard InChI is InChI=1S/C10H12N2/c1-3-11-8-12-10-7-5-4-6-9(10)2/h3-8H,1-2H3. The summed E-state index contributed by atoms with van der Waals surface area (Å²) < 4.78 is 0. The number of aliphatic imine (C=N–C) groups is 2. The van der Waals surface area contributed by atoms with Crippen LogP contribution < -0.4 is 0 Å². The van der Waals surface area contributed by atoms with Crippen LogP contribution in [0.2, 0.25) is 0 Å². The molecule has 0 unspecified atom stereocenters. The molecule has 0 aromatic heterocycles. The van der Waals surface area contributed by atoms with E-state index in [0.717, 1.165) is 5.69 Å². The molecular formula is C10H12N2. The Balaban J connectivity index is 2.82. The first-order valence-electron chi connectivity index (χ1n) is 3.90. The molecule has 1 aromatic rings. The van der Waals surface area contributed by atoms with E-state index >= 15 is 0 Å². The highest BCUT2D eigenvalue weighted by molar-refractivity contribution is 5.73. The van der Waals surface area contributed by atoms with Crippen molar-refractivity contribution in [3.8, 4) is 0 Å². The lowest BCUT2D eigenvalue weighted by molar-refractivity contribution is 1.40. The highest BCUT2D eigenvalue weighted by atomic mass is 14.8. The number of hydrogen-bond acceptors (Lipinski definition) is 1. The van der Waals surface area contributed by atoms with Crippen LogP contribution in [-0.4, -0.2) is 12.6 Å². The van der Waals surface area contributed by atoms with Gasteiger partial charge in [0.25, 0.3) is 0 Å². The van der Waals surface area contributed by atoms with Crippen molar-refractivity contribution in [2.24, 2.45) is 9.98 Å². The van der Waals surface area contributed by atoms with Crippen molar-refractivity contribution in [1.29, 1.82) is 0 Å². The van der Waals surface area contributed by atoms with E-state index in [9.17, 15) is 0 Å². The van der Waals surface area contributed by atoms with E-state index in [1.54, 1.807) is 12.6 Å². The van der Waals surface area contributed by atoms with E-state index in [1.807, 2.05) is 38.1 Å². The van der Waals surface area contributed by atoms with Crippen molar-refractivity contribution >= 4 is 18.2 Å². The summed E-state index contributed by atoms with van der Waals surface area (Å²) in [5, 5.41) is 0. The fraction of sp³-hybridized carbons (Fsp3) is 0.200. The Morgan fingerprint density at radius 2 is 2.00 bits per heavy atom. The quantitative estimate of drug-likeness (QED) is 0.469. The monoisotopic (exact) mass is 160 g/mol. The molecule has 1 rings (SSSR count). The molecule has 0 spiro atoms. The zero-order chi connectivity index (χ0) is 8.81. The molecule has 2 heteroatoms. The number of benzene rings is 1. The first-order chi connectivity index (χ1) is 5.84. The molecule has 0 heterocycles. The minimum Gasteiger partial charge on any atom is -0.250 e. The predicted molar refractivity (Wildman–Crippen MR) is 53.5 cm³/mol. The van der Waals surface area contributed by atoms with Crippen molar-refractivity contribution < 1.29 is 0 Å². The van der Waals surface area contributed by atoms with E-state index in [1.165, 1.54) is 5.56 Å². The molecule has 0 saturated heterocycles. The Morgan fingerprint density at radius 1 is 1.25 bits per heavy atom. The van der Waals surface area contributed by atoms with Crippen LogP contribution in [-0.2, 0) is 0 Å². The predicted octanol–water partition coefficient (Wildman–Crippen LogP) is 2.75. The summed E-state index contributed by atoms with van der Waals surface area (Å²) in [6.45, 7) is 3.90. The zero-order valence-corrected chi connectivity index (χ0v) is 7.36. The van der Waals surface area contributed by atoms with Gasteiger partial charge in [-0.2, -0.15) is 0 Å². The van der Waals surface area contributed by atoms with Crippen LogP contribution in [0.25, 0.3) is 0 Å². The van der Waals surface area contributed by atoms with Gasteiger partial charge in [0.05, 0.1) is 5.69 Å². The summed E-state index contributed by atoms with van der Waals surface area (Å²) in [4.78, 5) is 8.06. The van der Waals surface area contributed by atoms with Gasteiger partial charge in [0.1, 0.15) is 6.34 Å². The van der Waals surface area contributed by atoms with Gasteiger partial charge in [-0.3, -0.25) is 0 Å². The molecule has 2 nitrogen and oxygen atoms in total. The van der Waals surface area contributed by atoms with E-state index in [0.29, 0.717) is 0 Å². The highest BCUT2D eigenvalue weighted by Crippen LogP contribution is 2.15. The molecule has 0 aliphatic heterocycles. The summed E-state index contributed by atoms with van der Waals surface area (Å²) in [6, 6.07) is 7.96. The number of para-hydroxylation sites is 1. The Kier molecular flexibility index (Phi) is 3.20. The van der Waals surface area contributed by atoms with E-state index < -0.39 is 0 Å². The Morgan fingerprint density at radius 3 is 2.67 bits per heavy atom. The van der Waals surface area contributed by atoms with Gasteiger partial charge >= 0.3 is 0 Å². The first-order valence-corrected chi connectivity index (χ1v) is 3.90. The van der Waals surface area contributed by atoms with Crippen molar-refractivity contribution in [1.82, 2.24) is 0 Å². The number of aryl methyl sites for hydroxylation is 1. The summed E-state index contributed by atoms with van der Waals surface area (Å²) in [6.07, 6.45) is 3.27. The Hall–Kier alpha value is -1.44. The van der Waals surface area contributed by atoms with Gasteiger partial charge in [0, 0.05) is 6.21 Å². The second-order valence-corrected chi connectivity index (χ2v) is 2.44. The molecule has 62 valence electrons. The zero-order valence-electron chi connectivity index (χ0n) is 7.36. The van der Waals surface area contributed by atoms with Crippen molar-refractivity contribution in [2.45, 2.75) is 13.8 Å². The van der Waals surface area contributed by atoms with Crippen LogP contribution in [0.1, 0.15) is 12.5 Å². The molecule has 0 fully saturated rings. The molecule has 0 saturated carbocycles. The van der Waals surface area contributed by atoms with E-state index in [-0.39, 0.29) is 0 Å². The highest BCUT2D eigenvalue weighted by Gasteiger charge is 1.89. The van der Waals surface area contributed by atoms with Crippen molar-refractivity contribution in [3.05, 3.63) is 29.8 Å². The summed E-state index contributed by atoms with van der Waals surface area (Å²) in [5.41, 5.74) is 2.14. The minimum atomic E-state index is 0.975. The number of hydrogen-bond donors (Lipinski definition) is 0. The minimum absolute atomic E-state index is 0.975. The summed E-state index contributed by atoms with van der Waals surface area (Å²) in [7, 11) is 0. The van der Waals surface area contributed by atoms with Gasteiger partial charge in [-0.05, 0) is 25.5 Å². The fourth-order valence-corrected chi connectivity index (χ4v) is 0.870.